The Morgan fingerprint density at radius 2 is 1.41 bits per heavy atom. The van der Waals surface area contributed by atoms with Crippen molar-refractivity contribution in [1.29, 1.82) is 0 Å². The third-order valence-corrected chi connectivity index (χ3v) is 7.98. The number of piperidine rings is 1. The highest BCUT2D eigenvalue weighted by Crippen LogP contribution is 2.33. The Balaban J connectivity index is 1.62. The molecule has 0 saturated carbocycles. The molecule has 1 amide bonds. The quantitative estimate of drug-likeness (QED) is 0.574. The van der Waals surface area contributed by atoms with Crippen LogP contribution in [0.1, 0.15) is 31.4 Å². The van der Waals surface area contributed by atoms with Gasteiger partial charge in [0.05, 0.1) is 39.4 Å². The van der Waals surface area contributed by atoms with Crippen molar-refractivity contribution >= 4 is 15.9 Å². The number of hydrogen-bond acceptors (Lipinski definition) is 7. The minimum absolute atomic E-state index is 0.0922. The van der Waals surface area contributed by atoms with Gasteiger partial charge in [0.15, 0.2) is 23.0 Å². The van der Waals surface area contributed by atoms with Crippen LogP contribution in [0.4, 0.5) is 0 Å². The molecule has 1 N–H and O–H groups in total. The number of methoxy groups -OCH3 is 4. The lowest BCUT2D eigenvalue weighted by Crippen LogP contribution is -2.43. The number of ether oxygens (including phenoxy) is 4. The van der Waals surface area contributed by atoms with Crippen molar-refractivity contribution < 1.29 is 32.2 Å². The van der Waals surface area contributed by atoms with Crippen LogP contribution in [0.5, 0.6) is 23.0 Å². The summed E-state index contributed by atoms with van der Waals surface area (Å²) in [6, 6.07) is 9.81. The molecule has 1 aliphatic heterocycles. The number of nitrogens with zero attached hydrogens (tertiary/aromatic N) is 1. The molecule has 1 aliphatic rings. The maximum absolute atomic E-state index is 13.1. The topological polar surface area (TPSA) is 103 Å². The van der Waals surface area contributed by atoms with E-state index in [2.05, 4.69) is 5.32 Å². The summed E-state index contributed by atoms with van der Waals surface area (Å²) in [6.45, 7) is 2.43. The monoisotopic (exact) mass is 492 g/mol. The summed E-state index contributed by atoms with van der Waals surface area (Å²) >= 11 is 0. The van der Waals surface area contributed by atoms with Crippen LogP contribution < -0.4 is 24.3 Å². The van der Waals surface area contributed by atoms with Crippen molar-refractivity contribution in [1.82, 2.24) is 9.62 Å². The average Bonchev–Trinajstić information content (AvgIpc) is 2.87. The number of rotatable bonds is 9. The first kappa shape index (κ1) is 25.6. The molecule has 2 aromatic rings. The molecule has 9 nitrogen and oxygen atoms in total. The fraction of sp³-hybridized carbons (Fsp3) is 0.458. The number of benzene rings is 2. The van der Waals surface area contributed by atoms with Crippen LogP contribution in [0.15, 0.2) is 41.3 Å². The molecule has 1 saturated heterocycles. The molecule has 0 aromatic heterocycles. The van der Waals surface area contributed by atoms with E-state index in [1.807, 2.05) is 19.1 Å². The van der Waals surface area contributed by atoms with Crippen molar-refractivity contribution in [3.05, 3.63) is 42.0 Å². The number of sulfonamides is 1. The second-order valence-corrected chi connectivity index (χ2v) is 9.98. The van der Waals surface area contributed by atoms with Gasteiger partial charge in [-0.1, -0.05) is 6.07 Å². The van der Waals surface area contributed by atoms with Crippen LogP contribution in [-0.2, 0) is 14.8 Å². The summed E-state index contributed by atoms with van der Waals surface area (Å²) in [4.78, 5) is 13.0. The summed E-state index contributed by atoms with van der Waals surface area (Å²) in [7, 11) is 2.38. The van der Waals surface area contributed by atoms with Gasteiger partial charge in [-0.2, -0.15) is 4.31 Å². The zero-order valence-electron chi connectivity index (χ0n) is 20.2. The van der Waals surface area contributed by atoms with E-state index >= 15 is 0 Å². The fourth-order valence-corrected chi connectivity index (χ4v) is 5.51. The van der Waals surface area contributed by atoms with Gasteiger partial charge in [0.2, 0.25) is 15.9 Å². The van der Waals surface area contributed by atoms with Crippen LogP contribution in [0.3, 0.4) is 0 Å². The summed E-state index contributed by atoms with van der Waals surface area (Å²) in [5.74, 6) is 1.66. The average molecular weight is 493 g/mol. The Labute approximate surface area is 201 Å². The van der Waals surface area contributed by atoms with E-state index in [1.165, 1.54) is 30.7 Å². The molecule has 3 rings (SSSR count). The maximum Gasteiger partial charge on any atom is 0.243 e. The van der Waals surface area contributed by atoms with Gasteiger partial charge in [-0.3, -0.25) is 4.79 Å². The Morgan fingerprint density at radius 1 is 0.882 bits per heavy atom. The highest BCUT2D eigenvalue weighted by molar-refractivity contribution is 7.89. The molecule has 34 heavy (non-hydrogen) atoms. The Bertz CT molecular complexity index is 1110. The number of carbonyl (C=O) groups is 1. The first-order valence-corrected chi connectivity index (χ1v) is 12.4. The van der Waals surface area contributed by atoms with Gasteiger partial charge in [0.1, 0.15) is 0 Å². The molecule has 2 aromatic carbocycles. The second kappa shape index (κ2) is 11.0. The third kappa shape index (κ3) is 5.39. The van der Waals surface area contributed by atoms with Crippen LogP contribution in [0, 0.1) is 5.92 Å². The lowest BCUT2D eigenvalue weighted by Gasteiger charge is -2.31. The van der Waals surface area contributed by atoms with E-state index in [-0.39, 0.29) is 35.9 Å². The molecule has 1 heterocycles. The third-order valence-electron chi connectivity index (χ3n) is 6.08. The van der Waals surface area contributed by atoms with Crippen molar-refractivity contribution in [2.24, 2.45) is 5.92 Å². The van der Waals surface area contributed by atoms with Crippen LogP contribution in [0.2, 0.25) is 0 Å². The zero-order valence-corrected chi connectivity index (χ0v) is 21.0. The summed E-state index contributed by atoms with van der Waals surface area (Å²) in [6.07, 6.45) is 0.883. The Hall–Kier alpha value is -2.98. The molecule has 0 bridgehead atoms. The number of nitrogens with one attached hydrogen (secondary N) is 1. The van der Waals surface area contributed by atoms with Crippen LogP contribution in [0.25, 0.3) is 0 Å². The molecule has 0 aliphatic carbocycles. The molecule has 186 valence electrons. The van der Waals surface area contributed by atoms with E-state index in [1.54, 1.807) is 26.4 Å². The SMILES string of the molecule is COc1ccc([C@@H](C)NC(=O)C2CCN(S(=O)(=O)c3ccc(OC)c(OC)c3)CC2)cc1OC. The van der Waals surface area contributed by atoms with E-state index < -0.39 is 10.0 Å². The van der Waals surface area contributed by atoms with Crippen molar-refractivity contribution in [3.8, 4) is 23.0 Å². The Kier molecular flexibility index (Phi) is 8.27. The van der Waals surface area contributed by atoms with Crippen molar-refractivity contribution in [2.75, 3.05) is 41.5 Å². The van der Waals surface area contributed by atoms with Gasteiger partial charge in [-0.05, 0) is 49.6 Å². The molecule has 1 atom stereocenters. The van der Waals surface area contributed by atoms with Crippen molar-refractivity contribution in [2.45, 2.75) is 30.7 Å². The van der Waals surface area contributed by atoms with Gasteiger partial charge in [0, 0.05) is 25.1 Å². The molecule has 0 unspecified atom stereocenters. The van der Waals surface area contributed by atoms with Gasteiger partial charge in [-0.15, -0.1) is 0 Å². The first-order chi connectivity index (χ1) is 16.2. The molecule has 1 fully saturated rings. The minimum atomic E-state index is -3.71. The highest BCUT2D eigenvalue weighted by atomic mass is 32.2. The van der Waals surface area contributed by atoms with E-state index in [4.69, 9.17) is 18.9 Å². The van der Waals surface area contributed by atoms with E-state index in [0.717, 1.165) is 5.56 Å². The predicted octanol–water partition coefficient (Wildman–Crippen LogP) is 3.00. The van der Waals surface area contributed by atoms with Gasteiger partial charge in [0.25, 0.3) is 0 Å². The highest BCUT2D eigenvalue weighted by Gasteiger charge is 2.33. The van der Waals surface area contributed by atoms with Gasteiger partial charge < -0.3 is 24.3 Å². The summed E-state index contributed by atoms with van der Waals surface area (Å²) in [5.41, 5.74) is 0.888. The summed E-state index contributed by atoms with van der Waals surface area (Å²) < 4.78 is 48.7. The fourth-order valence-electron chi connectivity index (χ4n) is 4.02. The smallest absolute Gasteiger partial charge is 0.243 e. The molecular weight excluding hydrogens is 460 g/mol. The molecule has 10 heteroatoms. The van der Waals surface area contributed by atoms with Crippen molar-refractivity contribution in [3.63, 3.8) is 0 Å². The largest absolute Gasteiger partial charge is 0.493 e. The van der Waals surface area contributed by atoms with E-state index in [9.17, 15) is 13.2 Å². The minimum Gasteiger partial charge on any atom is -0.493 e. The first-order valence-electron chi connectivity index (χ1n) is 11.0. The second-order valence-electron chi connectivity index (χ2n) is 8.04. The molecule has 0 radical (unpaired) electrons. The van der Waals surface area contributed by atoms with E-state index in [0.29, 0.717) is 35.8 Å². The summed E-state index contributed by atoms with van der Waals surface area (Å²) in [5, 5.41) is 3.03. The van der Waals surface area contributed by atoms with Crippen LogP contribution >= 0.6 is 0 Å². The Morgan fingerprint density at radius 3 is 1.97 bits per heavy atom. The van der Waals surface area contributed by atoms with Crippen LogP contribution in [-0.4, -0.2) is 60.2 Å². The van der Waals surface area contributed by atoms with Gasteiger partial charge >= 0.3 is 0 Å². The lowest BCUT2D eigenvalue weighted by atomic mass is 9.96. The standard InChI is InChI=1S/C24H32N2O7S/c1-16(18-6-8-20(30-2)22(14-18)32-4)25-24(27)17-10-12-26(13-11-17)34(28,29)19-7-9-21(31-3)23(15-19)33-5/h6-9,14-17H,10-13H2,1-5H3,(H,25,27)/t16-/m1/s1. The normalized spacial score (nSPS) is 15.9. The molecule has 0 spiro atoms. The van der Waals surface area contributed by atoms with Gasteiger partial charge in [-0.25, -0.2) is 8.42 Å². The maximum atomic E-state index is 13.1. The molecular formula is C24H32N2O7S. The predicted molar refractivity (Wildman–Crippen MR) is 127 cm³/mol. The number of hydrogen-bond donors (Lipinski definition) is 1. The zero-order chi connectivity index (χ0) is 24.9. The number of amides is 1. The lowest BCUT2D eigenvalue weighted by molar-refractivity contribution is -0.126. The number of carbonyl (C=O) groups excluding carboxylic acids is 1.